The number of rotatable bonds is 2. The van der Waals surface area contributed by atoms with E-state index in [1.54, 1.807) is 5.43 Å². The quantitative estimate of drug-likeness (QED) is 0.338. The SMILES string of the molecule is CC(C(=O)NN)N1C(=O)C(=O)c2c(F)cc(F)cc21. The van der Waals surface area contributed by atoms with Gasteiger partial charge in [-0.1, -0.05) is 0 Å². The number of hydrogen-bond acceptors (Lipinski definition) is 4. The van der Waals surface area contributed by atoms with E-state index in [1.807, 2.05) is 0 Å². The summed E-state index contributed by atoms with van der Waals surface area (Å²) in [7, 11) is 0. The Morgan fingerprint density at radius 2 is 2.00 bits per heavy atom. The molecule has 0 bridgehead atoms. The standard InChI is InChI=1S/C11H9F2N3O3/c1-4(10(18)15-14)16-7-3-5(12)2-6(13)8(7)9(17)11(16)19/h2-4H,14H2,1H3,(H,15,18). The number of amides is 2. The lowest BCUT2D eigenvalue weighted by Crippen LogP contribution is -2.49. The Bertz CT molecular complexity index is 603. The zero-order valence-electron chi connectivity index (χ0n) is 9.74. The first-order chi connectivity index (χ1) is 8.88. The van der Waals surface area contributed by atoms with Gasteiger partial charge in [0.25, 0.3) is 17.6 Å². The highest BCUT2D eigenvalue weighted by atomic mass is 19.1. The molecule has 19 heavy (non-hydrogen) atoms. The Morgan fingerprint density at radius 1 is 1.37 bits per heavy atom. The lowest BCUT2D eigenvalue weighted by molar-refractivity contribution is -0.124. The number of hydrogen-bond donors (Lipinski definition) is 2. The normalized spacial score (nSPS) is 15.5. The molecule has 2 rings (SSSR count). The van der Waals surface area contributed by atoms with Crippen molar-refractivity contribution in [2.24, 2.45) is 5.84 Å². The van der Waals surface area contributed by atoms with Crippen LogP contribution < -0.4 is 16.2 Å². The molecule has 1 atom stereocenters. The summed E-state index contributed by atoms with van der Waals surface area (Å²) in [5, 5.41) is 0. The Morgan fingerprint density at radius 3 is 2.58 bits per heavy atom. The average molecular weight is 269 g/mol. The molecule has 1 aromatic carbocycles. The van der Waals surface area contributed by atoms with Crippen LogP contribution in [0.25, 0.3) is 0 Å². The number of Topliss-reactive ketones (excluding diaryl/α,β-unsaturated/α-hetero) is 1. The number of carbonyl (C=O) groups is 3. The number of fused-ring (bicyclic) bond motifs is 1. The third kappa shape index (κ3) is 1.85. The van der Waals surface area contributed by atoms with Crippen molar-refractivity contribution < 1.29 is 23.2 Å². The molecule has 0 fully saturated rings. The molecule has 0 aromatic heterocycles. The predicted octanol–water partition coefficient (Wildman–Crippen LogP) is -0.128. The third-order valence-corrected chi connectivity index (χ3v) is 2.84. The number of nitrogens with two attached hydrogens (primary N) is 1. The van der Waals surface area contributed by atoms with Crippen LogP contribution in [-0.4, -0.2) is 23.6 Å². The molecule has 1 aromatic rings. The van der Waals surface area contributed by atoms with Crippen LogP contribution in [0.15, 0.2) is 12.1 Å². The lowest BCUT2D eigenvalue weighted by atomic mass is 10.1. The minimum absolute atomic E-state index is 0.274. The largest absolute Gasteiger partial charge is 0.300 e. The highest BCUT2D eigenvalue weighted by Crippen LogP contribution is 2.33. The molecule has 6 nitrogen and oxygen atoms in total. The van der Waals surface area contributed by atoms with Gasteiger partial charge in [-0.25, -0.2) is 14.6 Å². The van der Waals surface area contributed by atoms with E-state index in [2.05, 4.69) is 0 Å². The van der Waals surface area contributed by atoms with Crippen molar-refractivity contribution in [1.29, 1.82) is 0 Å². The topological polar surface area (TPSA) is 92.5 Å². The number of nitrogens with one attached hydrogen (secondary N) is 1. The van der Waals surface area contributed by atoms with E-state index in [9.17, 15) is 23.2 Å². The maximum atomic E-state index is 13.5. The molecule has 3 N–H and O–H groups in total. The van der Waals surface area contributed by atoms with Crippen LogP contribution in [0.4, 0.5) is 14.5 Å². The van der Waals surface area contributed by atoms with Crippen LogP contribution in [-0.2, 0) is 9.59 Å². The van der Waals surface area contributed by atoms with Crippen molar-refractivity contribution in [3.63, 3.8) is 0 Å². The summed E-state index contributed by atoms with van der Waals surface area (Å²) in [6, 6.07) is 0.159. The van der Waals surface area contributed by atoms with Gasteiger partial charge in [-0.2, -0.15) is 0 Å². The first-order valence-corrected chi connectivity index (χ1v) is 5.26. The smallest absolute Gasteiger partial charge is 0.292 e. The van der Waals surface area contributed by atoms with Crippen molar-refractivity contribution in [3.8, 4) is 0 Å². The number of nitrogens with zero attached hydrogens (tertiary/aromatic N) is 1. The molecular weight excluding hydrogens is 260 g/mol. The highest BCUT2D eigenvalue weighted by Gasteiger charge is 2.42. The monoisotopic (exact) mass is 269 g/mol. The number of carbonyl (C=O) groups excluding carboxylic acids is 3. The van der Waals surface area contributed by atoms with Crippen molar-refractivity contribution in [2.45, 2.75) is 13.0 Å². The average Bonchev–Trinajstić information content (AvgIpc) is 2.60. The first kappa shape index (κ1) is 13.1. The van der Waals surface area contributed by atoms with Crippen LogP contribution in [0.3, 0.4) is 0 Å². The summed E-state index contributed by atoms with van der Waals surface area (Å²) >= 11 is 0. The number of halogens is 2. The first-order valence-electron chi connectivity index (χ1n) is 5.26. The fourth-order valence-electron chi connectivity index (χ4n) is 1.92. The van der Waals surface area contributed by atoms with Crippen LogP contribution >= 0.6 is 0 Å². The summed E-state index contributed by atoms with van der Waals surface area (Å²) < 4.78 is 26.7. The van der Waals surface area contributed by atoms with E-state index in [-0.39, 0.29) is 5.69 Å². The Balaban J connectivity index is 2.59. The van der Waals surface area contributed by atoms with E-state index < -0.39 is 40.8 Å². The molecule has 1 heterocycles. The van der Waals surface area contributed by atoms with Gasteiger partial charge in [0.05, 0.1) is 11.3 Å². The van der Waals surface area contributed by atoms with Crippen LogP contribution in [0.1, 0.15) is 17.3 Å². The molecule has 0 aliphatic carbocycles. The molecule has 0 spiro atoms. The minimum Gasteiger partial charge on any atom is -0.292 e. The fourth-order valence-corrected chi connectivity index (χ4v) is 1.92. The Hall–Kier alpha value is -2.35. The van der Waals surface area contributed by atoms with E-state index >= 15 is 0 Å². The zero-order valence-corrected chi connectivity index (χ0v) is 9.74. The zero-order chi connectivity index (χ0) is 14.3. The third-order valence-electron chi connectivity index (χ3n) is 2.84. The molecular formula is C11H9F2N3O3. The second-order valence-corrected chi connectivity index (χ2v) is 3.97. The van der Waals surface area contributed by atoms with Gasteiger partial charge in [-0.05, 0) is 13.0 Å². The molecule has 1 aliphatic rings. The second-order valence-electron chi connectivity index (χ2n) is 3.97. The molecule has 0 saturated heterocycles. The molecule has 0 saturated carbocycles. The molecule has 0 radical (unpaired) electrons. The summed E-state index contributed by atoms with van der Waals surface area (Å²) in [5.41, 5.74) is 0.992. The summed E-state index contributed by atoms with van der Waals surface area (Å²) in [6.45, 7) is 1.28. The maximum Gasteiger partial charge on any atom is 0.300 e. The molecule has 8 heteroatoms. The van der Waals surface area contributed by atoms with Gasteiger partial charge in [0.15, 0.2) is 0 Å². The van der Waals surface area contributed by atoms with Crippen molar-refractivity contribution in [1.82, 2.24) is 5.43 Å². The van der Waals surface area contributed by atoms with Crippen LogP contribution in [0.2, 0.25) is 0 Å². The lowest BCUT2D eigenvalue weighted by Gasteiger charge is -2.22. The highest BCUT2D eigenvalue weighted by molar-refractivity contribution is 6.52. The molecule has 1 aliphatic heterocycles. The number of ketones is 1. The van der Waals surface area contributed by atoms with Gasteiger partial charge in [-0.15, -0.1) is 0 Å². The fraction of sp³-hybridized carbons (Fsp3) is 0.182. The summed E-state index contributed by atoms with van der Waals surface area (Å²) in [5.74, 6) is -0.155. The summed E-state index contributed by atoms with van der Waals surface area (Å²) in [6.07, 6.45) is 0. The Labute approximate surface area is 106 Å². The number of anilines is 1. The Kier molecular flexibility index (Phi) is 3.03. The van der Waals surface area contributed by atoms with Crippen molar-refractivity contribution >= 4 is 23.3 Å². The van der Waals surface area contributed by atoms with E-state index in [4.69, 9.17) is 5.84 Å². The van der Waals surface area contributed by atoms with Crippen LogP contribution in [0, 0.1) is 11.6 Å². The van der Waals surface area contributed by atoms with E-state index in [0.29, 0.717) is 11.0 Å². The molecule has 1 unspecified atom stereocenters. The van der Waals surface area contributed by atoms with Crippen LogP contribution in [0.5, 0.6) is 0 Å². The van der Waals surface area contributed by atoms with Gasteiger partial charge in [0.1, 0.15) is 17.7 Å². The predicted molar refractivity (Wildman–Crippen MR) is 60.0 cm³/mol. The maximum absolute atomic E-state index is 13.5. The molecule has 2 amide bonds. The molecule has 100 valence electrons. The number of hydrazine groups is 1. The van der Waals surface area contributed by atoms with Gasteiger partial charge in [0.2, 0.25) is 0 Å². The van der Waals surface area contributed by atoms with Gasteiger partial charge in [-0.3, -0.25) is 24.7 Å². The van der Waals surface area contributed by atoms with Gasteiger partial charge < -0.3 is 0 Å². The second kappa shape index (κ2) is 4.39. The van der Waals surface area contributed by atoms with Crippen molar-refractivity contribution in [3.05, 3.63) is 29.3 Å². The minimum atomic E-state index is -1.16. The van der Waals surface area contributed by atoms with Gasteiger partial charge in [0, 0.05) is 6.07 Å². The van der Waals surface area contributed by atoms with E-state index in [1.165, 1.54) is 6.92 Å². The van der Waals surface area contributed by atoms with Crippen molar-refractivity contribution in [2.75, 3.05) is 4.90 Å². The van der Waals surface area contributed by atoms with E-state index in [0.717, 1.165) is 6.07 Å². The number of benzene rings is 1. The summed E-state index contributed by atoms with van der Waals surface area (Å²) in [4.78, 5) is 35.5. The van der Waals surface area contributed by atoms with Gasteiger partial charge >= 0.3 is 0 Å².